The topological polar surface area (TPSA) is 45.2 Å². The minimum Gasteiger partial charge on any atom is -0.504 e. The summed E-state index contributed by atoms with van der Waals surface area (Å²) in [5, 5.41) is 9.93. The molecule has 5 heteroatoms. The van der Waals surface area contributed by atoms with Gasteiger partial charge in [-0.1, -0.05) is 19.4 Å². The van der Waals surface area contributed by atoms with Crippen molar-refractivity contribution in [3.63, 3.8) is 0 Å². The average Bonchev–Trinajstić information content (AvgIpc) is 2.55. The number of methoxy groups -OCH3 is 1. The Morgan fingerprint density at radius 1 is 1.30 bits per heavy atom. The third-order valence-corrected chi connectivity index (χ3v) is 4.97. The summed E-state index contributed by atoms with van der Waals surface area (Å²) in [6.45, 7) is 8.05. The number of aromatic hydroxyl groups is 1. The number of ether oxygens (including phenoxy) is 2. The van der Waals surface area contributed by atoms with Gasteiger partial charge in [0.2, 0.25) is 0 Å². The van der Waals surface area contributed by atoms with E-state index in [9.17, 15) is 5.11 Å². The number of benzene rings is 1. The quantitative estimate of drug-likeness (QED) is 0.900. The van der Waals surface area contributed by atoms with E-state index < -0.39 is 0 Å². The Hall–Kier alpha value is -1.30. The van der Waals surface area contributed by atoms with Crippen LogP contribution in [0, 0.1) is 0 Å². The van der Waals surface area contributed by atoms with Gasteiger partial charge in [-0.25, -0.2) is 0 Å². The van der Waals surface area contributed by atoms with Crippen LogP contribution in [-0.4, -0.2) is 66.9 Å². The molecule has 0 amide bonds. The van der Waals surface area contributed by atoms with Crippen LogP contribution in [0.25, 0.3) is 0 Å². The van der Waals surface area contributed by atoms with Crippen molar-refractivity contribution in [3.8, 4) is 11.5 Å². The van der Waals surface area contributed by atoms with E-state index in [0.717, 1.165) is 45.0 Å². The fourth-order valence-corrected chi connectivity index (χ4v) is 3.82. The standard InChI is InChI=1S/C18H28N2O3/c1-3-4-15-12-23-13-16-11-19(7-8-20(15)16)10-14-5-6-18(22-2)17(21)9-14/h5-6,9,15-16,21H,3-4,7-8,10-13H2,1-2H3/t15-,16+/m0/s1. The Labute approximate surface area is 138 Å². The molecule has 0 unspecified atom stereocenters. The third-order valence-electron chi connectivity index (χ3n) is 4.97. The lowest BCUT2D eigenvalue weighted by Gasteiger charge is -2.48. The number of hydrogen-bond donors (Lipinski definition) is 1. The number of fused-ring (bicyclic) bond motifs is 1. The zero-order valence-corrected chi connectivity index (χ0v) is 14.2. The number of rotatable bonds is 5. The van der Waals surface area contributed by atoms with Gasteiger partial charge in [0.15, 0.2) is 11.5 Å². The Bertz CT molecular complexity index is 521. The van der Waals surface area contributed by atoms with Crippen LogP contribution in [0.4, 0.5) is 0 Å². The molecule has 128 valence electrons. The largest absolute Gasteiger partial charge is 0.504 e. The second-order valence-corrected chi connectivity index (χ2v) is 6.61. The van der Waals surface area contributed by atoms with Crippen molar-refractivity contribution in [2.75, 3.05) is 40.0 Å². The van der Waals surface area contributed by atoms with Gasteiger partial charge in [0, 0.05) is 38.3 Å². The molecule has 0 bridgehead atoms. The maximum absolute atomic E-state index is 9.93. The van der Waals surface area contributed by atoms with Crippen LogP contribution in [0.5, 0.6) is 11.5 Å². The second kappa shape index (κ2) is 7.51. The minimum atomic E-state index is 0.215. The molecule has 2 saturated heterocycles. The Kier molecular flexibility index (Phi) is 5.41. The number of phenolic OH excluding ortho intramolecular Hbond substituents is 1. The summed E-state index contributed by atoms with van der Waals surface area (Å²) < 4.78 is 10.9. The number of piperazine rings is 1. The van der Waals surface area contributed by atoms with Gasteiger partial charge in [-0.15, -0.1) is 0 Å². The molecule has 5 nitrogen and oxygen atoms in total. The average molecular weight is 320 g/mol. The number of phenols is 1. The predicted molar refractivity (Wildman–Crippen MR) is 89.9 cm³/mol. The van der Waals surface area contributed by atoms with E-state index in [1.54, 1.807) is 7.11 Å². The van der Waals surface area contributed by atoms with Crippen molar-refractivity contribution in [1.82, 2.24) is 9.80 Å². The van der Waals surface area contributed by atoms with Gasteiger partial charge in [-0.3, -0.25) is 9.80 Å². The summed E-state index contributed by atoms with van der Waals surface area (Å²) in [6, 6.07) is 6.76. The molecule has 0 spiro atoms. The normalized spacial score (nSPS) is 26.0. The van der Waals surface area contributed by atoms with Crippen molar-refractivity contribution >= 4 is 0 Å². The molecule has 0 radical (unpaired) electrons. The van der Waals surface area contributed by atoms with E-state index in [-0.39, 0.29) is 5.75 Å². The highest BCUT2D eigenvalue weighted by molar-refractivity contribution is 5.41. The third kappa shape index (κ3) is 3.79. The van der Waals surface area contributed by atoms with Crippen molar-refractivity contribution in [3.05, 3.63) is 23.8 Å². The van der Waals surface area contributed by atoms with Gasteiger partial charge in [0.25, 0.3) is 0 Å². The molecule has 0 aliphatic carbocycles. The Morgan fingerprint density at radius 2 is 2.17 bits per heavy atom. The molecular weight excluding hydrogens is 292 g/mol. The van der Waals surface area contributed by atoms with Crippen LogP contribution in [0.3, 0.4) is 0 Å². The molecule has 2 heterocycles. The molecule has 2 aliphatic heterocycles. The second-order valence-electron chi connectivity index (χ2n) is 6.61. The van der Waals surface area contributed by atoms with Gasteiger partial charge in [0.1, 0.15) is 0 Å². The molecule has 2 atom stereocenters. The zero-order valence-electron chi connectivity index (χ0n) is 14.2. The minimum absolute atomic E-state index is 0.215. The molecule has 2 fully saturated rings. The summed E-state index contributed by atoms with van der Waals surface area (Å²) in [6.07, 6.45) is 2.44. The van der Waals surface area contributed by atoms with Crippen LogP contribution in [0.1, 0.15) is 25.3 Å². The van der Waals surface area contributed by atoms with E-state index >= 15 is 0 Å². The first-order valence-corrected chi connectivity index (χ1v) is 8.63. The lowest BCUT2D eigenvalue weighted by atomic mass is 10.0. The van der Waals surface area contributed by atoms with Crippen molar-refractivity contribution in [2.45, 2.75) is 38.4 Å². The zero-order chi connectivity index (χ0) is 16.2. The van der Waals surface area contributed by atoms with Crippen LogP contribution in [0.15, 0.2) is 18.2 Å². The number of hydrogen-bond acceptors (Lipinski definition) is 5. The molecule has 0 aromatic heterocycles. The Balaban J connectivity index is 1.60. The number of nitrogens with zero attached hydrogens (tertiary/aromatic N) is 2. The molecule has 1 aromatic rings. The molecule has 23 heavy (non-hydrogen) atoms. The van der Waals surface area contributed by atoms with Gasteiger partial charge in [-0.05, 0) is 24.1 Å². The highest BCUT2D eigenvalue weighted by Crippen LogP contribution is 2.28. The monoisotopic (exact) mass is 320 g/mol. The van der Waals surface area contributed by atoms with Crippen LogP contribution < -0.4 is 4.74 Å². The number of morpholine rings is 1. The first-order chi connectivity index (χ1) is 11.2. The highest BCUT2D eigenvalue weighted by Gasteiger charge is 2.34. The van der Waals surface area contributed by atoms with Gasteiger partial charge < -0.3 is 14.6 Å². The molecule has 1 N–H and O–H groups in total. The maximum atomic E-state index is 9.93. The first kappa shape index (κ1) is 16.6. The van der Waals surface area contributed by atoms with Gasteiger partial charge in [-0.2, -0.15) is 0 Å². The van der Waals surface area contributed by atoms with Crippen molar-refractivity contribution in [2.24, 2.45) is 0 Å². The van der Waals surface area contributed by atoms with E-state index in [1.807, 2.05) is 18.2 Å². The maximum Gasteiger partial charge on any atom is 0.160 e. The molecule has 1 aromatic carbocycles. The lowest BCUT2D eigenvalue weighted by Crippen LogP contribution is -2.61. The lowest BCUT2D eigenvalue weighted by molar-refractivity contribution is -0.0840. The molecule has 2 aliphatic rings. The Morgan fingerprint density at radius 3 is 2.91 bits per heavy atom. The smallest absolute Gasteiger partial charge is 0.160 e. The SMILES string of the molecule is CCC[C@H]1COC[C@H]2CN(Cc3ccc(OC)c(O)c3)CCN12. The summed E-state index contributed by atoms with van der Waals surface area (Å²) in [7, 11) is 1.57. The van der Waals surface area contributed by atoms with Crippen LogP contribution in [-0.2, 0) is 11.3 Å². The van der Waals surface area contributed by atoms with Crippen LogP contribution in [0.2, 0.25) is 0 Å². The molecule has 0 saturated carbocycles. The summed E-state index contributed by atoms with van der Waals surface area (Å²) in [4.78, 5) is 5.11. The van der Waals surface area contributed by atoms with E-state index in [2.05, 4.69) is 16.7 Å². The van der Waals surface area contributed by atoms with Gasteiger partial charge in [0.05, 0.1) is 20.3 Å². The predicted octanol–water partition coefficient (Wildman–Crippen LogP) is 2.09. The van der Waals surface area contributed by atoms with E-state index in [4.69, 9.17) is 9.47 Å². The van der Waals surface area contributed by atoms with E-state index in [1.165, 1.54) is 12.8 Å². The summed E-state index contributed by atoms with van der Waals surface area (Å²) in [5.74, 6) is 0.745. The fourth-order valence-electron chi connectivity index (χ4n) is 3.82. The van der Waals surface area contributed by atoms with Crippen molar-refractivity contribution in [1.29, 1.82) is 0 Å². The molecule has 3 rings (SSSR count). The highest BCUT2D eigenvalue weighted by atomic mass is 16.5. The fraction of sp³-hybridized carbons (Fsp3) is 0.667. The van der Waals surface area contributed by atoms with Crippen LogP contribution >= 0.6 is 0 Å². The summed E-state index contributed by atoms with van der Waals surface area (Å²) >= 11 is 0. The first-order valence-electron chi connectivity index (χ1n) is 8.63. The molecular formula is C18H28N2O3. The summed E-state index contributed by atoms with van der Waals surface area (Å²) in [5.41, 5.74) is 1.12. The van der Waals surface area contributed by atoms with E-state index in [0.29, 0.717) is 17.8 Å². The van der Waals surface area contributed by atoms with Gasteiger partial charge >= 0.3 is 0 Å². The van der Waals surface area contributed by atoms with Crippen molar-refractivity contribution < 1.29 is 14.6 Å².